The SMILES string of the molecule is COc1ccc2c(c1OC)OC1c3cc4c(cc3OC3(CCCC3)C21)OC1OC(C(OC(=O)CC(=O)O)C(N)N)C(O)(CC#C4)C(O)C1O. The lowest BCUT2D eigenvalue weighted by atomic mass is 9.74. The number of hydrogen-bond acceptors (Lipinski definition) is 14. The molecule has 0 amide bonds. The first-order valence-electron chi connectivity index (χ1n) is 16.0. The number of aliphatic hydroxyl groups is 3. The van der Waals surface area contributed by atoms with E-state index in [9.17, 15) is 24.9 Å². The topological polar surface area (TPSA) is 232 Å². The zero-order chi connectivity index (χ0) is 34.8. The maximum atomic E-state index is 12.3. The van der Waals surface area contributed by atoms with Crippen molar-refractivity contribution in [3.8, 4) is 40.6 Å². The van der Waals surface area contributed by atoms with Crippen LogP contribution in [0.25, 0.3) is 0 Å². The van der Waals surface area contributed by atoms with Crippen molar-refractivity contribution < 1.29 is 63.2 Å². The molecule has 8 rings (SSSR count). The van der Waals surface area contributed by atoms with E-state index in [4.69, 9.17) is 49.7 Å². The average Bonchev–Trinajstić information content (AvgIpc) is 3.69. The Kier molecular flexibility index (Phi) is 8.29. The normalized spacial score (nSPS) is 30.6. The van der Waals surface area contributed by atoms with Crippen LogP contribution < -0.4 is 35.2 Å². The molecule has 5 heterocycles. The van der Waals surface area contributed by atoms with Crippen LogP contribution in [-0.2, 0) is 19.1 Å². The molecule has 2 aromatic rings. The molecule has 0 radical (unpaired) electrons. The molecular weight excluding hydrogens is 644 g/mol. The van der Waals surface area contributed by atoms with E-state index in [1.54, 1.807) is 26.4 Å². The van der Waals surface area contributed by atoms with Crippen LogP contribution in [0.5, 0.6) is 28.7 Å². The maximum Gasteiger partial charge on any atom is 0.317 e. The fourth-order valence-corrected chi connectivity index (χ4v) is 7.88. The Labute approximate surface area is 280 Å². The first-order valence-corrected chi connectivity index (χ1v) is 16.0. The minimum Gasteiger partial charge on any atom is -0.493 e. The summed E-state index contributed by atoms with van der Waals surface area (Å²) in [7, 11) is 3.12. The van der Waals surface area contributed by atoms with Gasteiger partial charge in [0.2, 0.25) is 12.0 Å². The third-order valence-electron chi connectivity index (χ3n) is 10.1. The smallest absolute Gasteiger partial charge is 0.317 e. The maximum absolute atomic E-state index is 12.3. The largest absolute Gasteiger partial charge is 0.493 e. The molecule has 0 aromatic heterocycles. The number of fused-ring (bicyclic) bond motifs is 9. The van der Waals surface area contributed by atoms with Gasteiger partial charge in [-0.2, -0.15) is 0 Å². The predicted molar refractivity (Wildman–Crippen MR) is 166 cm³/mol. The number of aliphatic carboxylic acids is 1. The average molecular weight is 683 g/mol. The third kappa shape index (κ3) is 5.30. The number of carbonyl (C=O) groups is 2. The van der Waals surface area contributed by atoms with Crippen LogP contribution in [0.4, 0.5) is 0 Å². The summed E-state index contributed by atoms with van der Waals surface area (Å²) in [6, 6.07) is 7.25. The molecule has 2 fully saturated rings. The highest BCUT2D eigenvalue weighted by Gasteiger charge is 2.60. The standard InChI is InChI=1S/C34H38N2O13/c1-43-18-8-7-16-23-25(47-26(16)27(18)44-2)17-12-15-6-5-11-34(42)29(41)24(40)32(45-19(15)13-20(17)49-33(23)9-3-4-10-33)48-30(34)28(31(35)36)46-22(39)14-21(37)38/h7-8,12-13,23-25,28-32,40-42H,3-4,9-11,14,35-36H2,1-2H3,(H,37,38). The summed E-state index contributed by atoms with van der Waals surface area (Å²) in [5.41, 5.74) is 10.8. The van der Waals surface area contributed by atoms with Crippen LogP contribution in [0.2, 0.25) is 0 Å². The number of rotatable bonds is 7. The zero-order valence-electron chi connectivity index (χ0n) is 26.8. The summed E-state index contributed by atoms with van der Waals surface area (Å²) < 4.78 is 42.2. The van der Waals surface area contributed by atoms with Gasteiger partial charge in [0.15, 0.2) is 17.6 Å². The summed E-state index contributed by atoms with van der Waals surface area (Å²) in [6.07, 6.45) is -8.73. The van der Waals surface area contributed by atoms with Crippen LogP contribution in [0.15, 0.2) is 24.3 Å². The fourth-order valence-electron chi connectivity index (χ4n) is 7.88. The second-order valence-electron chi connectivity index (χ2n) is 13.0. The monoisotopic (exact) mass is 682 g/mol. The van der Waals surface area contributed by atoms with Crippen molar-refractivity contribution in [2.45, 2.75) is 98.6 Å². The first kappa shape index (κ1) is 33.2. The summed E-state index contributed by atoms with van der Waals surface area (Å²) in [6.45, 7) is 0. The summed E-state index contributed by atoms with van der Waals surface area (Å²) >= 11 is 0. The van der Waals surface area contributed by atoms with Crippen molar-refractivity contribution in [1.29, 1.82) is 0 Å². The quantitative estimate of drug-likeness (QED) is 0.101. The number of esters is 1. The van der Waals surface area contributed by atoms with Crippen LogP contribution in [-0.4, -0.2) is 94.7 Å². The fraction of sp³-hybridized carbons (Fsp3) is 0.529. The molecule has 15 heteroatoms. The lowest BCUT2D eigenvalue weighted by molar-refractivity contribution is -0.324. The van der Waals surface area contributed by atoms with Gasteiger partial charge in [0.1, 0.15) is 53.5 Å². The molecular formula is C34H38N2O13. The van der Waals surface area contributed by atoms with Gasteiger partial charge in [0.05, 0.1) is 31.9 Å². The second kappa shape index (κ2) is 12.2. The Bertz CT molecular complexity index is 1730. The van der Waals surface area contributed by atoms with Gasteiger partial charge in [-0.15, -0.1) is 0 Å². The van der Waals surface area contributed by atoms with Gasteiger partial charge in [0, 0.05) is 23.6 Å². The van der Waals surface area contributed by atoms with Crippen LogP contribution in [0.3, 0.4) is 0 Å². The van der Waals surface area contributed by atoms with E-state index in [0.717, 1.165) is 31.2 Å². The molecule has 49 heavy (non-hydrogen) atoms. The predicted octanol–water partition coefficient (Wildman–Crippen LogP) is 0.568. The van der Waals surface area contributed by atoms with Gasteiger partial charge in [0.25, 0.3) is 0 Å². The Hall–Kier alpha value is -4.30. The van der Waals surface area contributed by atoms with Crippen LogP contribution >= 0.6 is 0 Å². The number of methoxy groups -OCH3 is 2. The zero-order valence-corrected chi connectivity index (χ0v) is 26.8. The molecule has 8 N–H and O–H groups in total. The highest BCUT2D eigenvalue weighted by Crippen LogP contribution is 2.64. The van der Waals surface area contributed by atoms with E-state index in [1.807, 2.05) is 12.1 Å². The minimum absolute atomic E-state index is 0.145. The van der Waals surface area contributed by atoms with E-state index in [2.05, 4.69) is 11.8 Å². The molecule has 1 saturated heterocycles. The number of benzene rings is 2. The molecule has 6 aliphatic rings. The number of aliphatic hydroxyl groups excluding tert-OH is 2. The number of hydrogen-bond donors (Lipinski definition) is 6. The van der Waals surface area contributed by atoms with Gasteiger partial charge < -0.3 is 65.1 Å². The summed E-state index contributed by atoms with van der Waals surface area (Å²) in [4.78, 5) is 23.4. The second-order valence-corrected chi connectivity index (χ2v) is 13.0. The Morgan fingerprint density at radius 1 is 1.06 bits per heavy atom. The molecule has 2 bridgehead atoms. The first-order chi connectivity index (χ1) is 23.4. The van der Waals surface area contributed by atoms with Crippen LogP contribution in [0, 0.1) is 11.8 Å². The van der Waals surface area contributed by atoms with Gasteiger partial charge in [-0.3, -0.25) is 9.59 Å². The summed E-state index contributed by atoms with van der Waals surface area (Å²) in [5, 5.41) is 43.1. The van der Waals surface area contributed by atoms with E-state index in [0.29, 0.717) is 34.1 Å². The van der Waals surface area contributed by atoms with E-state index < -0.39 is 79.0 Å². The van der Waals surface area contributed by atoms with Crippen molar-refractivity contribution in [3.63, 3.8) is 0 Å². The number of nitrogens with two attached hydrogens (primary N) is 2. The molecule has 262 valence electrons. The summed E-state index contributed by atoms with van der Waals surface area (Å²) in [5.74, 6) is 5.22. The van der Waals surface area contributed by atoms with Crippen molar-refractivity contribution in [1.82, 2.24) is 0 Å². The van der Waals surface area contributed by atoms with Crippen molar-refractivity contribution in [3.05, 3.63) is 41.0 Å². The number of ether oxygens (including phenoxy) is 7. The third-order valence-corrected chi connectivity index (χ3v) is 10.1. The highest BCUT2D eigenvalue weighted by molar-refractivity contribution is 5.90. The molecule has 1 spiro atoms. The van der Waals surface area contributed by atoms with E-state index >= 15 is 0 Å². The molecule has 1 aliphatic carbocycles. The van der Waals surface area contributed by atoms with Gasteiger partial charge in [-0.1, -0.05) is 17.9 Å². The van der Waals surface area contributed by atoms with Gasteiger partial charge in [-0.25, -0.2) is 0 Å². The van der Waals surface area contributed by atoms with E-state index in [-0.39, 0.29) is 11.7 Å². The van der Waals surface area contributed by atoms with Crippen LogP contribution in [0.1, 0.15) is 67.2 Å². The molecule has 5 aliphatic heterocycles. The molecule has 8 unspecified atom stereocenters. The van der Waals surface area contributed by atoms with Crippen molar-refractivity contribution >= 4 is 11.9 Å². The number of carboxylic acids is 1. The Morgan fingerprint density at radius 2 is 1.82 bits per heavy atom. The Balaban J connectivity index is 1.29. The van der Waals surface area contributed by atoms with Crippen molar-refractivity contribution in [2.24, 2.45) is 11.5 Å². The minimum atomic E-state index is -2.38. The number of carbonyl (C=O) groups excluding carboxylic acids is 1. The lowest BCUT2D eigenvalue weighted by Gasteiger charge is -2.50. The molecule has 15 nitrogen and oxygen atoms in total. The lowest BCUT2D eigenvalue weighted by Crippen LogP contribution is -2.72. The Morgan fingerprint density at radius 3 is 2.49 bits per heavy atom. The van der Waals surface area contributed by atoms with Gasteiger partial charge >= 0.3 is 11.9 Å². The molecule has 8 atom stereocenters. The highest BCUT2D eigenvalue weighted by atomic mass is 16.7. The molecule has 2 aromatic carbocycles. The number of carboxylic acid groups (broad SMARTS) is 1. The van der Waals surface area contributed by atoms with Crippen molar-refractivity contribution in [2.75, 3.05) is 14.2 Å². The van der Waals surface area contributed by atoms with Gasteiger partial charge in [-0.05, 0) is 37.8 Å². The molecule has 1 saturated carbocycles. The van der Waals surface area contributed by atoms with E-state index in [1.165, 1.54) is 0 Å².